The van der Waals surface area contributed by atoms with Crippen molar-refractivity contribution in [2.75, 3.05) is 30.3 Å². The number of hydrogen-bond acceptors (Lipinski definition) is 6. The van der Waals surface area contributed by atoms with Crippen LogP contribution in [0.1, 0.15) is 36.5 Å². The second-order valence-electron chi connectivity index (χ2n) is 7.08. The molecule has 31 heavy (non-hydrogen) atoms. The predicted octanol–water partition coefficient (Wildman–Crippen LogP) is 4.11. The van der Waals surface area contributed by atoms with Crippen LogP contribution in [0.2, 0.25) is 5.02 Å². The number of hydrogen-bond donors (Lipinski definition) is 2. The Hall–Kier alpha value is -2.69. The van der Waals surface area contributed by atoms with Crippen molar-refractivity contribution < 1.29 is 18.1 Å². The van der Waals surface area contributed by atoms with Gasteiger partial charge in [0.1, 0.15) is 10.6 Å². The van der Waals surface area contributed by atoms with Crippen LogP contribution >= 0.6 is 11.6 Å². The fourth-order valence-electron chi connectivity index (χ4n) is 3.39. The molecule has 1 heterocycles. The van der Waals surface area contributed by atoms with E-state index < -0.39 is 20.9 Å². The van der Waals surface area contributed by atoms with Crippen LogP contribution in [0, 0.1) is 10.1 Å². The highest BCUT2D eigenvalue weighted by molar-refractivity contribution is 7.89. The van der Waals surface area contributed by atoms with Crippen LogP contribution in [-0.4, -0.2) is 43.2 Å². The fourth-order valence-corrected chi connectivity index (χ4v) is 5.41. The lowest BCUT2D eigenvalue weighted by atomic mass is 10.1. The molecule has 0 unspecified atom stereocenters. The molecule has 166 valence electrons. The molecule has 0 bridgehead atoms. The van der Waals surface area contributed by atoms with Crippen LogP contribution in [0.25, 0.3) is 0 Å². The summed E-state index contributed by atoms with van der Waals surface area (Å²) in [6, 6.07) is 8.30. The number of sulfonamides is 1. The summed E-state index contributed by atoms with van der Waals surface area (Å²) in [5.74, 6) is -0.602. The lowest BCUT2D eigenvalue weighted by Gasteiger charge is -2.26. The van der Waals surface area contributed by atoms with Gasteiger partial charge in [-0.2, -0.15) is 4.31 Å². The van der Waals surface area contributed by atoms with E-state index in [9.17, 15) is 23.3 Å². The molecule has 2 aromatic carbocycles. The number of anilines is 2. The first-order valence-electron chi connectivity index (χ1n) is 9.87. The number of rotatable bonds is 7. The van der Waals surface area contributed by atoms with Gasteiger partial charge in [-0.05, 0) is 50.1 Å². The Morgan fingerprint density at radius 1 is 1.16 bits per heavy atom. The van der Waals surface area contributed by atoms with Gasteiger partial charge in [-0.15, -0.1) is 0 Å². The van der Waals surface area contributed by atoms with Crippen molar-refractivity contribution in [3.63, 3.8) is 0 Å². The van der Waals surface area contributed by atoms with Crippen LogP contribution < -0.4 is 10.6 Å². The SMILES string of the molecule is CCNc1ccc(C(=O)Nc2ccc(Cl)c(S(=O)(=O)N3CCCCC3)c2)cc1[N+](=O)[O-]. The molecule has 0 atom stereocenters. The molecule has 0 aromatic heterocycles. The molecule has 1 amide bonds. The zero-order chi connectivity index (χ0) is 22.6. The monoisotopic (exact) mass is 466 g/mol. The number of halogens is 1. The molecule has 3 rings (SSSR count). The number of piperidine rings is 1. The molecular formula is C20H23ClN4O5S. The van der Waals surface area contributed by atoms with E-state index in [1.54, 1.807) is 6.92 Å². The van der Waals surface area contributed by atoms with E-state index in [1.807, 2.05) is 0 Å². The van der Waals surface area contributed by atoms with E-state index in [0.717, 1.165) is 19.3 Å². The fraction of sp³-hybridized carbons (Fsp3) is 0.350. The summed E-state index contributed by atoms with van der Waals surface area (Å²) < 4.78 is 27.4. The zero-order valence-electron chi connectivity index (χ0n) is 16.9. The largest absolute Gasteiger partial charge is 0.380 e. The quantitative estimate of drug-likeness (QED) is 0.467. The van der Waals surface area contributed by atoms with E-state index >= 15 is 0 Å². The normalized spacial score (nSPS) is 14.8. The molecule has 1 aliphatic rings. The lowest BCUT2D eigenvalue weighted by Crippen LogP contribution is -2.35. The first-order chi connectivity index (χ1) is 14.7. The van der Waals surface area contributed by atoms with Gasteiger partial charge in [-0.25, -0.2) is 8.42 Å². The van der Waals surface area contributed by atoms with Crippen LogP contribution in [-0.2, 0) is 10.0 Å². The van der Waals surface area contributed by atoms with E-state index in [2.05, 4.69) is 10.6 Å². The number of nitrogens with one attached hydrogen (secondary N) is 2. The second kappa shape index (κ2) is 9.63. The summed E-state index contributed by atoms with van der Waals surface area (Å²) >= 11 is 6.16. The number of nitro benzene ring substituents is 1. The van der Waals surface area contributed by atoms with Gasteiger partial charge in [-0.1, -0.05) is 18.0 Å². The van der Waals surface area contributed by atoms with Crippen molar-refractivity contribution in [3.8, 4) is 0 Å². The Kier molecular flexibility index (Phi) is 7.14. The topological polar surface area (TPSA) is 122 Å². The Morgan fingerprint density at radius 3 is 2.52 bits per heavy atom. The van der Waals surface area contributed by atoms with Crippen LogP contribution in [0.15, 0.2) is 41.3 Å². The third-order valence-electron chi connectivity index (χ3n) is 4.95. The molecule has 0 aliphatic carbocycles. The zero-order valence-corrected chi connectivity index (χ0v) is 18.5. The highest BCUT2D eigenvalue weighted by atomic mass is 35.5. The van der Waals surface area contributed by atoms with Gasteiger partial charge in [0, 0.05) is 37.0 Å². The average Bonchev–Trinajstić information content (AvgIpc) is 2.76. The summed E-state index contributed by atoms with van der Waals surface area (Å²) in [6.07, 6.45) is 2.55. The molecule has 0 saturated carbocycles. The maximum atomic E-state index is 13.0. The summed E-state index contributed by atoms with van der Waals surface area (Å²) in [5, 5.41) is 16.9. The first kappa shape index (κ1) is 23.0. The van der Waals surface area contributed by atoms with Gasteiger partial charge in [-0.3, -0.25) is 14.9 Å². The van der Waals surface area contributed by atoms with E-state index in [0.29, 0.717) is 25.3 Å². The van der Waals surface area contributed by atoms with Gasteiger partial charge in [0.25, 0.3) is 11.6 Å². The van der Waals surface area contributed by atoms with Crippen molar-refractivity contribution in [1.82, 2.24) is 4.31 Å². The predicted molar refractivity (Wildman–Crippen MR) is 119 cm³/mol. The van der Waals surface area contributed by atoms with Gasteiger partial charge in [0.2, 0.25) is 10.0 Å². The number of carbonyl (C=O) groups is 1. The van der Waals surface area contributed by atoms with Crippen molar-refractivity contribution in [3.05, 3.63) is 57.1 Å². The molecule has 9 nitrogen and oxygen atoms in total. The molecule has 0 radical (unpaired) electrons. The second-order valence-corrected chi connectivity index (χ2v) is 9.40. The van der Waals surface area contributed by atoms with Crippen molar-refractivity contribution in [1.29, 1.82) is 0 Å². The number of benzene rings is 2. The van der Waals surface area contributed by atoms with Crippen LogP contribution in [0.3, 0.4) is 0 Å². The molecule has 2 aromatic rings. The van der Waals surface area contributed by atoms with Crippen LogP contribution in [0.5, 0.6) is 0 Å². The summed E-state index contributed by atoms with van der Waals surface area (Å²) in [7, 11) is -3.79. The Labute approximate surface area is 185 Å². The molecular weight excluding hydrogens is 444 g/mol. The smallest absolute Gasteiger partial charge is 0.293 e. The summed E-state index contributed by atoms with van der Waals surface area (Å²) in [6.45, 7) is 3.15. The minimum Gasteiger partial charge on any atom is -0.380 e. The molecule has 11 heteroatoms. The third-order valence-corrected chi connectivity index (χ3v) is 7.33. The third kappa shape index (κ3) is 5.15. The Bertz CT molecular complexity index is 1100. The maximum Gasteiger partial charge on any atom is 0.293 e. The number of nitrogens with zero attached hydrogens (tertiary/aromatic N) is 2. The van der Waals surface area contributed by atoms with Crippen LogP contribution in [0.4, 0.5) is 17.1 Å². The number of nitro groups is 1. The molecule has 1 saturated heterocycles. The molecule has 1 fully saturated rings. The van der Waals surface area contributed by atoms with E-state index in [4.69, 9.17) is 11.6 Å². The molecule has 0 spiro atoms. The average molecular weight is 467 g/mol. The minimum atomic E-state index is -3.79. The standard InChI is InChI=1S/C20H23ClN4O5S/c1-2-22-17-9-6-14(12-18(17)25(27)28)20(26)23-15-7-8-16(21)19(13-15)31(29,30)24-10-4-3-5-11-24/h6-9,12-13,22H,2-5,10-11H2,1H3,(H,23,26). The molecule has 2 N–H and O–H groups in total. The molecule has 1 aliphatic heterocycles. The Balaban J connectivity index is 1.86. The van der Waals surface area contributed by atoms with Crippen molar-refractivity contribution in [2.24, 2.45) is 0 Å². The minimum absolute atomic E-state index is 0.0641. The van der Waals surface area contributed by atoms with E-state index in [-0.39, 0.29) is 26.9 Å². The highest BCUT2D eigenvalue weighted by Gasteiger charge is 2.28. The highest BCUT2D eigenvalue weighted by Crippen LogP contribution is 2.30. The van der Waals surface area contributed by atoms with E-state index in [1.165, 1.54) is 40.7 Å². The van der Waals surface area contributed by atoms with Gasteiger partial charge >= 0.3 is 0 Å². The van der Waals surface area contributed by atoms with Crippen molar-refractivity contribution >= 4 is 44.6 Å². The first-order valence-corrected chi connectivity index (χ1v) is 11.7. The maximum absolute atomic E-state index is 13.0. The summed E-state index contributed by atoms with van der Waals surface area (Å²) in [4.78, 5) is 23.3. The Morgan fingerprint density at radius 2 is 1.87 bits per heavy atom. The number of amides is 1. The van der Waals surface area contributed by atoms with Gasteiger partial charge in [0.05, 0.1) is 9.95 Å². The summed E-state index contributed by atoms with van der Waals surface area (Å²) in [5.41, 5.74) is 0.386. The van der Waals surface area contributed by atoms with Crippen molar-refractivity contribution in [2.45, 2.75) is 31.1 Å². The lowest BCUT2D eigenvalue weighted by molar-refractivity contribution is -0.384. The number of carbonyl (C=O) groups excluding carboxylic acids is 1. The van der Waals surface area contributed by atoms with Gasteiger partial charge < -0.3 is 10.6 Å². The van der Waals surface area contributed by atoms with Gasteiger partial charge in [0.15, 0.2) is 0 Å².